The van der Waals surface area contributed by atoms with E-state index in [9.17, 15) is 9.59 Å². The van der Waals surface area contributed by atoms with Crippen molar-refractivity contribution in [2.75, 3.05) is 13.1 Å². The summed E-state index contributed by atoms with van der Waals surface area (Å²) in [5.41, 5.74) is 5.56. The molecular formula is C34H34N4O2. The number of nitrogens with zero attached hydrogens (tertiary/aromatic N) is 2. The van der Waals surface area contributed by atoms with Crippen molar-refractivity contribution in [3.8, 4) is 34.4 Å². The first-order chi connectivity index (χ1) is 19.6. The van der Waals surface area contributed by atoms with Crippen LogP contribution in [0.2, 0.25) is 0 Å². The van der Waals surface area contributed by atoms with Gasteiger partial charge in [-0.15, -0.1) is 0 Å². The molecule has 0 bridgehead atoms. The molecule has 40 heavy (non-hydrogen) atoms. The molecule has 3 aromatic rings. The minimum absolute atomic E-state index is 0.0640. The number of nitriles is 2. The highest BCUT2D eigenvalue weighted by Gasteiger charge is 2.27. The highest BCUT2D eigenvalue weighted by Crippen LogP contribution is 2.48. The first kappa shape index (κ1) is 26.1. The van der Waals surface area contributed by atoms with Crippen molar-refractivity contribution in [3.05, 3.63) is 59.7 Å². The zero-order chi connectivity index (χ0) is 27.6. The summed E-state index contributed by atoms with van der Waals surface area (Å²) in [6.45, 7) is 1.28. The van der Waals surface area contributed by atoms with Crippen molar-refractivity contribution in [1.29, 1.82) is 10.5 Å². The van der Waals surface area contributed by atoms with Gasteiger partial charge in [-0.25, -0.2) is 0 Å². The number of benzene rings is 3. The molecule has 202 valence electrons. The summed E-state index contributed by atoms with van der Waals surface area (Å²) in [7, 11) is 0. The predicted octanol–water partition coefficient (Wildman–Crippen LogP) is 6.61. The van der Waals surface area contributed by atoms with E-state index in [1.165, 1.54) is 0 Å². The lowest BCUT2D eigenvalue weighted by atomic mass is 9.83. The van der Waals surface area contributed by atoms with E-state index in [1.807, 2.05) is 42.5 Å². The summed E-state index contributed by atoms with van der Waals surface area (Å²) in [4.78, 5) is 26.4. The molecule has 0 atom stereocenters. The van der Waals surface area contributed by atoms with Crippen LogP contribution in [0, 0.1) is 46.3 Å². The van der Waals surface area contributed by atoms with Crippen molar-refractivity contribution in [2.24, 2.45) is 23.7 Å². The highest BCUT2D eigenvalue weighted by atomic mass is 16.2. The van der Waals surface area contributed by atoms with Gasteiger partial charge in [-0.3, -0.25) is 9.59 Å². The standard InChI is InChI=1S/C34H34N4O2/c35-17-21-4-8-23(9-5-21)19-37-33(39)25-12-13-26-27-2-1-3-28-30(15-14-29(32(27)28)31(26)16-25)34(40)38-20-24-10-6-22(18-36)7-11-24/h1-3,12-16,21-24H,4-11,19-20H2,(H,37,39)(H,38,40). The van der Waals surface area contributed by atoms with E-state index in [-0.39, 0.29) is 23.7 Å². The number of rotatable bonds is 6. The van der Waals surface area contributed by atoms with Crippen LogP contribution in [0.3, 0.4) is 0 Å². The molecule has 2 amide bonds. The normalized spacial score (nSPS) is 23.1. The van der Waals surface area contributed by atoms with E-state index in [0.717, 1.165) is 84.4 Å². The predicted molar refractivity (Wildman–Crippen MR) is 155 cm³/mol. The Hall–Kier alpha value is -4.16. The zero-order valence-corrected chi connectivity index (χ0v) is 22.7. The average Bonchev–Trinajstić information content (AvgIpc) is 3.33. The largest absolute Gasteiger partial charge is 0.352 e. The Morgan fingerprint density at radius 3 is 1.88 bits per heavy atom. The molecular weight excluding hydrogens is 496 g/mol. The molecule has 6 heteroatoms. The lowest BCUT2D eigenvalue weighted by Gasteiger charge is -2.25. The summed E-state index contributed by atoms with van der Waals surface area (Å²) in [5.74, 6) is 1.04. The highest BCUT2D eigenvalue weighted by molar-refractivity contribution is 6.20. The van der Waals surface area contributed by atoms with Crippen molar-refractivity contribution in [1.82, 2.24) is 10.6 Å². The monoisotopic (exact) mass is 530 g/mol. The fraction of sp³-hybridized carbons (Fsp3) is 0.412. The number of hydrogen-bond acceptors (Lipinski definition) is 4. The molecule has 0 heterocycles. The van der Waals surface area contributed by atoms with Crippen molar-refractivity contribution in [2.45, 2.75) is 51.4 Å². The Labute approximate surface area is 235 Å². The maximum absolute atomic E-state index is 13.3. The molecule has 0 aromatic heterocycles. The van der Waals surface area contributed by atoms with Crippen LogP contribution < -0.4 is 10.6 Å². The molecule has 6 rings (SSSR count). The Bertz CT molecular complexity index is 1550. The van der Waals surface area contributed by atoms with Gasteiger partial charge in [0.05, 0.1) is 12.1 Å². The molecule has 6 nitrogen and oxygen atoms in total. The van der Waals surface area contributed by atoms with E-state index in [2.05, 4.69) is 28.8 Å². The van der Waals surface area contributed by atoms with E-state index in [1.54, 1.807) is 0 Å². The lowest BCUT2D eigenvalue weighted by molar-refractivity contribution is 0.0935. The zero-order valence-electron chi connectivity index (χ0n) is 22.7. The van der Waals surface area contributed by atoms with E-state index in [0.29, 0.717) is 36.1 Å². The Morgan fingerprint density at radius 1 is 0.675 bits per heavy atom. The molecule has 0 spiro atoms. The Morgan fingerprint density at radius 2 is 1.25 bits per heavy atom. The van der Waals surface area contributed by atoms with Crippen LogP contribution in [-0.2, 0) is 0 Å². The summed E-state index contributed by atoms with van der Waals surface area (Å²) in [6, 6.07) is 20.6. The van der Waals surface area contributed by atoms with E-state index < -0.39 is 0 Å². The lowest BCUT2D eigenvalue weighted by Crippen LogP contribution is -2.31. The molecule has 0 saturated heterocycles. The fourth-order valence-corrected chi connectivity index (χ4v) is 6.86. The molecule has 3 aliphatic rings. The second kappa shape index (κ2) is 11.1. The Balaban J connectivity index is 1.17. The minimum atomic E-state index is -0.0720. The SMILES string of the molecule is N#CC1CCC(CNC(=O)c2ccc3c(c2)-c2ccc(C(=O)NCC4CCC(C#N)CC4)c4cccc-3c24)CC1. The first-order valence-corrected chi connectivity index (χ1v) is 14.6. The fourth-order valence-electron chi connectivity index (χ4n) is 6.86. The molecule has 2 saturated carbocycles. The summed E-state index contributed by atoms with van der Waals surface area (Å²) < 4.78 is 0. The third kappa shape index (κ3) is 4.95. The van der Waals surface area contributed by atoms with Gasteiger partial charge in [0.2, 0.25) is 0 Å². The number of hydrogen-bond donors (Lipinski definition) is 2. The summed E-state index contributed by atoms with van der Waals surface area (Å²) >= 11 is 0. The van der Waals surface area contributed by atoms with E-state index in [4.69, 9.17) is 10.5 Å². The summed E-state index contributed by atoms with van der Waals surface area (Å²) in [6.07, 6.45) is 7.60. The van der Waals surface area contributed by atoms with Crippen LogP contribution in [0.1, 0.15) is 72.1 Å². The maximum Gasteiger partial charge on any atom is 0.251 e. The van der Waals surface area contributed by atoms with Gasteiger partial charge in [0.25, 0.3) is 11.8 Å². The molecule has 0 unspecified atom stereocenters. The van der Waals surface area contributed by atoms with Crippen molar-refractivity contribution in [3.63, 3.8) is 0 Å². The van der Waals surface area contributed by atoms with Crippen molar-refractivity contribution < 1.29 is 9.59 Å². The van der Waals surface area contributed by atoms with Gasteiger partial charge in [-0.05, 0) is 114 Å². The van der Waals surface area contributed by atoms with Crippen LogP contribution in [-0.4, -0.2) is 24.9 Å². The smallest absolute Gasteiger partial charge is 0.251 e. The van der Waals surface area contributed by atoms with Gasteiger partial charge in [0.1, 0.15) is 0 Å². The van der Waals surface area contributed by atoms with Crippen LogP contribution in [0.5, 0.6) is 0 Å². The second-order valence-electron chi connectivity index (χ2n) is 11.8. The number of amides is 2. The molecule has 0 radical (unpaired) electrons. The van der Waals surface area contributed by atoms with Gasteiger partial charge in [0, 0.05) is 36.1 Å². The minimum Gasteiger partial charge on any atom is -0.352 e. The molecule has 0 aliphatic heterocycles. The quantitative estimate of drug-likeness (QED) is 0.293. The molecule has 2 N–H and O–H groups in total. The molecule has 3 aromatic carbocycles. The number of carbonyl (C=O) groups excluding carboxylic acids is 2. The number of fused-ring (bicyclic) bond motifs is 3. The van der Waals surface area contributed by atoms with Crippen LogP contribution >= 0.6 is 0 Å². The third-order valence-electron chi connectivity index (χ3n) is 9.31. The third-order valence-corrected chi connectivity index (χ3v) is 9.31. The summed E-state index contributed by atoms with van der Waals surface area (Å²) in [5, 5.41) is 26.5. The topological polar surface area (TPSA) is 106 Å². The van der Waals surface area contributed by atoms with Crippen LogP contribution in [0.25, 0.3) is 33.0 Å². The Kier molecular flexibility index (Phi) is 7.27. The van der Waals surface area contributed by atoms with Gasteiger partial charge in [-0.1, -0.05) is 30.3 Å². The first-order valence-electron chi connectivity index (χ1n) is 14.6. The van der Waals surface area contributed by atoms with Gasteiger partial charge < -0.3 is 10.6 Å². The van der Waals surface area contributed by atoms with Crippen LogP contribution in [0.4, 0.5) is 0 Å². The average molecular weight is 531 g/mol. The number of nitrogens with one attached hydrogen (secondary N) is 2. The van der Waals surface area contributed by atoms with Gasteiger partial charge >= 0.3 is 0 Å². The van der Waals surface area contributed by atoms with Crippen LogP contribution in [0.15, 0.2) is 48.5 Å². The molecule has 2 fully saturated rings. The number of carbonyl (C=O) groups is 2. The molecule has 3 aliphatic carbocycles. The van der Waals surface area contributed by atoms with Gasteiger partial charge in [0.15, 0.2) is 0 Å². The van der Waals surface area contributed by atoms with Gasteiger partial charge in [-0.2, -0.15) is 10.5 Å². The van der Waals surface area contributed by atoms with E-state index >= 15 is 0 Å². The van der Waals surface area contributed by atoms with Crippen molar-refractivity contribution >= 4 is 22.6 Å². The maximum atomic E-state index is 13.3. The second-order valence-corrected chi connectivity index (χ2v) is 11.8.